The topological polar surface area (TPSA) is 21.3 Å². The van der Waals surface area contributed by atoms with Gasteiger partial charge in [0.05, 0.1) is 6.61 Å². The van der Waals surface area contributed by atoms with E-state index < -0.39 is 0 Å². The molecule has 1 unspecified atom stereocenters. The minimum absolute atomic E-state index is 0.495. The monoisotopic (exact) mass is 229 g/mol. The number of hydrogen-bond acceptors (Lipinski definition) is 2. The second kappa shape index (κ2) is 13.0. The Morgan fingerprint density at radius 3 is 2.06 bits per heavy atom. The average molecular weight is 229 g/mol. The van der Waals surface area contributed by atoms with Gasteiger partial charge in [-0.2, -0.15) is 0 Å². The minimum Gasteiger partial charge on any atom is -0.383 e. The standard InChI is InChI=1S/C14H31NO/c1-4-5-6-7-8-9-10-11-12-15-14(2)13-16-3/h14-15H,4-13H2,1-3H3. The van der Waals surface area contributed by atoms with Crippen molar-refractivity contribution in [1.82, 2.24) is 5.32 Å². The lowest BCUT2D eigenvalue weighted by molar-refractivity contribution is 0.172. The molecule has 0 aromatic rings. The Morgan fingerprint density at radius 1 is 0.938 bits per heavy atom. The average Bonchev–Trinajstić information content (AvgIpc) is 2.27. The van der Waals surface area contributed by atoms with E-state index in [1.165, 1.54) is 51.4 Å². The lowest BCUT2D eigenvalue weighted by Crippen LogP contribution is -2.30. The van der Waals surface area contributed by atoms with Crippen molar-refractivity contribution in [2.24, 2.45) is 0 Å². The summed E-state index contributed by atoms with van der Waals surface area (Å²) in [5.41, 5.74) is 0. The number of ether oxygens (including phenoxy) is 1. The Kier molecular flexibility index (Phi) is 12.9. The van der Waals surface area contributed by atoms with E-state index in [1.807, 2.05) is 0 Å². The third-order valence-electron chi connectivity index (χ3n) is 2.94. The molecule has 2 heteroatoms. The first kappa shape index (κ1) is 15.9. The van der Waals surface area contributed by atoms with E-state index in [0.717, 1.165) is 13.2 Å². The molecule has 0 aliphatic rings. The van der Waals surface area contributed by atoms with Gasteiger partial charge in [0, 0.05) is 13.2 Å². The number of unbranched alkanes of at least 4 members (excludes halogenated alkanes) is 7. The SMILES string of the molecule is CCCCCCCCCCNC(C)COC. The summed E-state index contributed by atoms with van der Waals surface area (Å²) in [6, 6.07) is 0.495. The van der Waals surface area contributed by atoms with Crippen molar-refractivity contribution in [2.75, 3.05) is 20.3 Å². The lowest BCUT2D eigenvalue weighted by Gasteiger charge is -2.12. The molecule has 2 nitrogen and oxygen atoms in total. The molecule has 0 saturated heterocycles. The second-order valence-corrected chi connectivity index (χ2v) is 4.79. The van der Waals surface area contributed by atoms with Crippen LogP contribution in [0.2, 0.25) is 0 Å². The second-order valence-electron chi connectivity index (χ2n) is 4.79. The first-order valence-electron chi connectivity index (χ1n) is 7.03. The molecule has 0 heterocycles. The predicted molar refractivity (Wildman–Crippen MR) is 72.0 cm³/mol. The summed E-state index contributed by atoms with van der Waals surface area (Å²) in [7, 11) is 1.76. The van der Waals surface area contributed by atoms with Crippen LogP contribution in [0.3, 0.4) is 0 Å². The van der Waals surface area contributed by atoms with Crippen LogP contribution in [-0.2, 0) is 4.74 Å². The van der Waals surface area contributed by atoms with E-state index in [9.17, 15) is 0 Å². The van der Waals surface area contributed by atoms with Gasteiger partial charge in [-0.05, 0) is 19.9 Å². The molecule has 0 saturated carbocycles. The number of methoxy groups -OCH3 is 1. The molecule has 0 aromatic carbocycles. The van der Waals surface area contributed by atoms with Gasteiger partial charge in [-0.3, -0.25) is 0 Å². The van der Waals surface area contributed by atoms with Crippen molar-refractivity contribution in [2.45, 2.75) is 71.3 Å². The zero-order chi connectivity index (χ0) is 12.1. The van der Waals surface area contributed by atoms with E-state index in [2.05, 4.69) is 19.2 Å². The van der Waals surface area contributed by atoms with Crippen molar-refractivity contribution in [3.8, 4) is 0 Å². The Hall–Kier alpha value is -0.0800. The highest BCUT2D eigenvalue weighted by Crippen LogP contribution is 2.07. The van der Waals surface area contributed by atoms with Crippen LogP contribution in [0.1, 0.15) is 65.2 Å². The Morgan fingerprint density at radius 2 is 1.50 bits per heavy atom. The Balaban J connectivity index is 2.98. The van der Waals surface area contributed by atoms with Crippen LogP contribution in [-0.4, -0.2) is 26.3 Å². The van der Waals surface area contributed by atoms with E-state index in [0.29, 0.717) is 6.04 Å². The molecule has 1 N–H and O–H groups in total. The molecule has 0 spiro atoms. The molecular formula is C14H31NO. The van der Waals surface area contributed by atoms with E-state index >= 15 is 0 Å². The van der Waals surface area contributed by atoms with Crippen LogP contribution in [0, 0.1) is 0 Å². The molecule has 16 heavy (non-hydrogen) atoms. The molecule has 0 aliphatic heterocycles. The highest BCUT2D eigenvalue weighted by Gasteiger charge is 1.98. The molecule has 0 rings (SSSR count). The highest BCUT2D eigenvalue weighted by atomic mass is 16.5. The maximum atomic E-state index is 5.07. The first-order chi connectivity index (χ1) is 7.81. The molecule has 0 aliphatic carbocycles. The maximum absolute atomic E-state index is 5.07. The third-order valence-corrected chi connectivity index (χ3v) is 2.94. The maximum Gasteiger partial charge on any atom is 0.0613 e. The molecule has 0 fully saturated rings. The smallest absolute Gasteiger partial charge is 0.0613 e. The van der Waals surface area contributed by atoms with Crippen LogP contribution in [0.4, 0.5) is 0 Å². The summed E-state index contributed by atoms with van der Waals surface area (Å²) in [5, 5.41) is 3.47. The van der Waals surface area contributed by atoms with Crippen LogP contribution in [0.15, 0.2) is 0 Å². The van der Waals surface area contributed by atoms with Crippen molar-refractivity contribution in [3.63, 3.8) is 0 Å². The van der Waals surface area contributed by atoms with Crippen LogP contribution in [0.25, 0.3) is 0 Å². The predicted octanol–water partition coefficient (Wildman–Crippen LogP) is 3.75. The zero-order valence-electron chi connectivity index (χ0n) is 11.6. The van der Waals surface area contributed by atoms with Gasteiger partial charge in [-0.25, -0.2) is 0 Å². The van der Waals surface area contributed by atoms with Gasteiger partial charge in [-0.15, -0.1) is 0 Å². The van der Waals surface area contributed by atoms with Crippen LogP contribution in [0.5, 0.6) is 0 Å². The Labute approximate surface area is 102 Å². The van der Waals surface area contributed by atoms with Crippen LogP contribution < -0.4 is 5.32 Å². The molecule has 0 radical (unpaired) electrons. The van der Waals surface area contributed by atoms with Gasteiger partial charge in [-0.1, -0.05) is 51.9 Å². The zero-order valence-corrected chi connectivity index (χ0v) is 11.6. The van der Waals surface area contributed by atoms with Crippen molar-refractivity contribution in [1.29, 1.82) is 0 Å². The summed E-state index contributed by atoms with van der Waals surface area (Å²) in [6.45, 7) is 6.40. The van der Waals surface area contributed by atoms with Crippen molar-refractivity contribution in [3.05, 3.63) is 0 Å². The Bertz CT molecular complexity index is 128. The summed E-state index contributed by atoms with van der Waals surface area (Å²) in [4.78, 5) is 0. The largest absolute Gasteiger partial charge is 0.383 e. The van der Waals surface area contributed by atoms with Gasteiger partial charge < -0.3 is 10.1 Å². The van der Waals surface area contributed by atoms with Gasteiger partial charge in [0.25, 0.3) is 0 Å². The van der Waals surface area contributed by atoms with E-state index in [1.54, 1.807) is 7.11 Å². The fourth-order valence-corrected chi connectivity index (χ4v) is 1.92. The van der Waals surface area contributed by atoms with Gasteiger partial charge in [0.1, 0.15) is 0 Å². The summed E-state index contributed by atoms with van der Waals surface area (Å²) in [6.07, 6.45) is 11.1. The molecule has 98 valence electrons. The minimum atomic E-state index is 0.495. The summed E-state index contributed by atoms with van der Waals surface area (Å²) >= 11 is 0. The quantitative estimate of drug-likeness (QED) is 0.515. The first-order valence-corrected chi connectivity index (χ1v) is 7.03. The lowest BCUT2D eigenvalue weighted by atomic mass is 10.1. The highest BCUT2D eigenvalue weighted by molar-refractivity contribution is 4.58. The van der Waals surface area contributed by atoms with E-state index in [4.69, 9.17) is 4.74 Å². The molecule has 0 aromatic heterocycles. The van der Waals surface area contributed by atoms with Gasteiger partial charge in [0.2, 0.25) is 0 Å². The molecule has 0 amide bonds. The van der Waals surface area contributed by atoms with E-state index in [-0.39, 0.29) is 0 Å². The fraction of sp³-hybridized carbons (Fsp3) is 1.00. The summed E-state index contributed by atoms with van der Waals surface area (Å²) < 4.78 is 5.07. The normalized spacial score (nSPS) is 12.9. The molecule has 1 atom stereocenters. The van der Waals surface area contributed by atoms with Crippen LogP contribution >= 0.6 is 0 Å². The molecule has 0 bridgehead atoms. The van der Waals surface area contributed by atoms with Crippen molar-refractivity contribution >= 4 is 0 Å². The number of nitrogens with one attached hydrogen (secondary N) is 1. The fourth-order valence-electron chi connectivity index (χ4n) is 1.92. The van der Waals surface area contributed by atoms with Crippen molar-refractivity contribution < 1.29 is 4.74 Å². The third kappa shape index (κ3) is 12.0. The summed E-state index contributed by atoms with van der Waals surface area (Å²) in [5.74, 6) is 0. The van der Waals surface area contributed by atoms with Gasteiger partial charge >= 0.3 is 0 Å². The number of hydrogen-bond donors (Lipinski definition) is 1. The number of rotatable bonds is 12. The van der Waals surface area contributed by atoms with Gasteiger partial charge in [0.15, 0.2) is 0 Å². The molecular weight excluding hydrogens is 198 g/mol.